The van der Waals surface area contributed by atoms with E-state index in [4.69, 9.17) is 11.6 Å². The van der Waals surface area contributed by atoms with E-state index < -0.39 is 0 Å². The van der Waals surface area contributed by atoms with Gasteiger partial charge < -0.3 is 4.90 Å². The summed E-state index contributed by atoms with van der Waals surface area (Å²) in [7, 11) is 0. The van der Waals surface area contributed by atoms with E-state index in [1.54, 1.807) is 11.1 Å². The summed E-state index contributed by atoms with van der Waals surface area (Å²) in [4.78, 5) is 22.8. The molecule has 0 spiro atoms. The molecule has 3 nitrogen and oxygen atoms in total. The third kappa shape index (κ3) is 1.98. The maximum atomic E-state index is 10.6. The topological polar surface area (TPSA) is 37.4 Å². The van der Waals surface area contributed by atoms with Crippen molar-refractivity contribution < 1.29 is 9.59 Å². The Balaban J connectivity index is 2.98. The standard InChI is InChI=1S/C9H10ClNO2/c1-2-11-4-7(5-12)3-8(6-13)9(11)10/h4-6H,2-3H2,1H3. The highest BCUT2D eigenvalue weighted by Crippen LogP contribution is 2.25. The van der Waals surface area contributed by atoms with Crippen LogP contribution in [-0.4, -0.2) is 24.0 Å². The number of hydrogen-bond acceptors (Lipinski definition) is 3. The smallest absolute Gasteiger partial charge is 0.149 e. The summed E-state index contributed by atoms with van der Waals surface area (Å²) in [6.45, 7) is 2.54. The normalized spacial score (nSPS) is 17.1. The molecule has 0 N–H and O–H groups in total. The lowest BCUT2D eigenvalue weighted by molar-refractivity contribution is -0.105. The van der Waals surface area contributed by atoms with Gasteiger partial charge in [0.25, 0.3) is 0 Å². The summed E-state index contributed by atoms with van der Waals surface area (Å²) in [5.74, 6) is 0. The second-order valence-electron chi connectivity index (χ2n) is 2.72. The van der Waals surface area contributed by atoms with Gasteiger partial charge in [0.1, 0.15) is 17.7 Å². The molecule has 0 aromatic rings. The summed E-state index contributed by atoms with van der Waals surface area (Å²) < 4.78 is 0. The van der Waals surface area contributed by atoms with Crippen molar-refractivity contribution in [2.45, 2.75) is 13.3 Å². The van der Waals surface area contributed by atoms with Gasteiger partial charge in [-0.05, 0) is 6.92 Å². The van der Waals surface area contributed by atoms with Crippen molar-refractivity contribution in [3.63, 3.8) is 0 Å². The Morgan fingerprint density at radius 3 is 2.69 bits per heavy atom. The Kier molecular flexibility index (Phi) is 3.25. The predicted octanol–water partition coefficient (Wildman–Crippen LogP) is 1.44. The summed E-state index contributed by atoms with van der Waals surface area (Å²) >= 11 is 5.89. The van der Waals surface area contributed by atoms with Crippen molar-refractivity contribution in [2.75, 3.05) is 6.54 Å². The summed E-state index contributed by atoms with van der Waals surface area (Å²) in [5.41, 5.74) is 1.04. The monoisotopic (exact) mass is 199 g/mol. The summed E-state index contributed by atoms with van der Waals surface area (Å²) in [6, 6.07) is 0. The Bertz CT molecular complexity index is 294. The van der Waals surface area contributed by atoms with Crippen molar-refractivity contribution in [1.29, 1.82) is 0 Å². The predicted molar refractivity (Wildman–Crippen MR) is 50.1 cm³/mol. The van der Waals surface area contributed by atoms with E-state index in [-0.39, 0.29) is 0 Å². The largest absolute Gasteiger partial charge is 0.338 e. The molecule has 0 unspecified atom stereocenters. The molecule has 0 aliphatic carbocycles. The minimum atomic E-state index is 0.336. The lowest BCUT2D eigenvalue weighted by Gasteiger charge is -2.23. The Labute approximate surface area is 81.7 Å². The first-order chi connectivity index (χ1) is 6.22. The lowest BCUT2D eigenvalue weighted by Crippen LogP contribution is -2.20. The summed E-state index contributed by atoms with van der Waals surface area (Å²) in [6.07, 6.45) is 3.45. The fraction of sp³-hybridized carbons (Fsp3) is 0.333. The second-order valence-corrected chi connectivity index (χ2v) is 3.08. The first-order valence-electron chi connectivity index (χ1n) is 3.99. The zero-order valence-corrected chi connectivity index (χ0v) is 8.04. The van der Waals surface area contributed by atoms with Crippen LogP contribution in [0.2, 0.25) is 0 Å². The van der Waals surface area contributed by atoms with Gasteiger partial charge in [-0.3, -0.25) is 9.59 Å². The molecule has 0 bridgehead atoms. The van der Waals surface area contributed by atoms with Crippen LogP contribution in [0.4, 0.5) is 0 Å². The Morgan fingerprint density at radius 1 is 1.54 bits per heavy atom. The van der Waals surface area contributed by atoms with E-state index in [1.807, 2.05) is 6.92 Å². The number of aldehydes is 2. The molecule has 13 heavy (non-hydrogen) atoms. The maximum absolute atomic E-state index is 10.6. The van der Waals surface area contributed by atoms with Gasteiger partial charge in [0, 0.05) is 30.3 Å². The molecule has 0 aromatic heterocycles. The highest BCUT2D eigenvalue weighted by Gasteiger charge is 2.17. The van der Waals surface area contributed by atoms with E-state index >= 15 is 0 Å². The zero-order valence-electron chi connectivity index (χ0n) is 7.29. The average molecular weight is 200 g/mol. The number of halogens is 1. The molecule has 0 atom stereocenters. The van der Waals surface area contributed by atoms with Crippen molar-refractivity contribution in [2.24, 2.45) is 0 Å². The molecule has 1 rings (SSSR count). The number of carbonyl (C=O) groups excluding carboxylic acids is 2. The van der Waals surface area contributed by atoms with Crippen LogP contribution >= 0.6 is 11.6 Å². The maximum Gasteiger partial charge on any atom is 0.149 e. The van der Waals surface area contributed by atoms with E-state index in [0.29, 0.717) is 35.6 Å². The van der Waals surface area contributed by atoms with Crippen molar-refractivity contribution in [1.82, 2.24) is 4.90 Å². The second kappa shape index (κ2) is 4.23. The summed E-state index contributed by atoms with van der Waals surface area (Å²) in [5, 5.41) is 0.420. The molecule has 0 aromatic carbocycles. The third-order valence-corrected chi connectivity index (χ3v) is 2.33. The first-order valence-corrected chi connectivity index (χ1v) is 4.37. The molecule has 0 amide bonds. The molecular weight excluding hydrogens is 190 g/mol. The van der Waals surface area contributed by atoms with Crippen LogP contribution in [-0.2, 0) is 9.59 Å². The zero-order chi connectivity index (χ0) is 9.84. The Morgan fingerprint density at radius 2 is 2.23 bits per heavy atom. The van der Waals surface area contributed by atoms with Crippen molar-refractivity contribution in [3.05, 3.63) is 22.5 Å². The fourth-order valence-electron chi connectivity index (χ4n) is 1.17. The molecule has 0 radical (unpaired) electrons. The first kappa shape index (κ1) is 9.99. The molecule has 1 aliphatic rings. The van der Waals surface area contributed by atoms with Crippen LogP contribution in [0.25, 0.3) is 0 Å². The van der Waals surface area contributed by atoms with Crippen LogP contribution in [0.3, 0.4) is 0 Å². The minimum Gasteiger partial charge on any atom is -0.338 e. The number of allylic oxidation sites excluding steroid dienone is 2. The molecule has 70 valence electrons. The van der Waals surface area contributed by atoms with E-state index in [2.05, 4.69) is 0 Å². The van der Waals surface area contributed by atoms with Gasteiger partial charge in [0.15, 0.2) is 0 Å². The molecule has 4 heteroatoms. The number of carbonyl (C=O) groups is 2. The van der Waals surface area contributed by atoms with Crippen LogP contribution in [0.15, 0.2) is 22.5 Å². The third-order valence-electron chi connectivity index (χ3n) is 1.87. The molecule has 0 saturated heterocycles. The van der Waals surface area contributed by atoms with Gasteiger partial charge in [-0.1, -0.05) is 11.6 Å². The van der Waals surface area contributed by atoms with Crippen LogP contribution in [0.5, 0.6) is 0 Å². The van der Waals surface area contributed by atoms with E-state index in [9.17, 15) is 9.59 Å². The van der Waals surface area contributed by atoms with Crippen LogP contribution in [0, 0.1) is 0 Å². The minimum absolute atomic E-state index is 0.336. The number of rotatable bonds is 3. The highest BCUT2D eigenvalue weighted by molar-refractivity contribution is 6.31. The van der Waals surface area contributed by atoms with Crippen molar-refractivity contribution in [3.8, 4) is 0 Å². The highest BCUT2D eigenvalue weighted by atomic mass is 35.5. The van der Waals surface area contributed by atoms with Crippen LogP contribution in [0.1, 0.15) is 13.3 Å². The van der Waals surface area contributed by atoms with Crippen molar-refractivity contribution >= 4 is 24.2 Å². The van der Waals surface area contributed by atoms with Gasteiger partial charge in [-0.2, -0.15) is 0 Å². The van der Waals surface area contributed by atoms with E-state index in [0.717, 1.165) is 6.29 Å². The van der Waals surface area contributed by atoms with Gasteiger partial charge in [0.05, 0.1) is 0 Å². The van der Waals surface area contributed by atoms with Gasteiger partial charge in [-0.25, -0.2) is 0 Å². The SMILES string of the molecule is CCN1C=C(C=O)CC(C=O)=C1Cl. The molecule has 0 fully saturated rings. The average Bonchev–Trinajstić information content (AvgIpc) is 2.18. The lowest BCUT2D eigenvalue weighted by atomic mass is 10.1. The van der Waals surface area contributed by atoms with Gasteiger partial charge in [-0.15, -0.1) is 0 Å². The van der Waals surface area contributed by atoms with Gasteiger partial charge in [0.2, 0.25) is 0 Å². The van der Waals surface area contributed by atoms with Gasteiger partial charge >= 0.3 is 0 Å². The molecular formula is C9H10ClNO2. The molecule has 1 heterocycles. The quantitative estimate of drug-likeness (QED) is 0.510. The number of hydrogen-bond donors (Lipinski definition) is 0. The molecule has 1 aliphatic heterocycles. The van der Waals surface area contributed by atoms with E-state index in [1.165, 1.54) is 0 Å². The number of nitrogens with zero attached hydrogens (tertiary/aromatic N) is 1. The Hall–Kier alpha value is -1.09. The van der Waals surface area contributed by atoms with Crippen LogP contribution < -0.4 is 0 Å². The fourth-order valence-corrected chi connectivity index (χ4v) is 1.45. The molecule has 0 saturated carbocycles.